The number of nitriles is 1. The molecule has 45 heavy (non-hydrogen) atoms. The Balaban J connectivity index is 1.60. The van der Waals surface area contributed by atoms with E-state index in [4.69, 9.17) is 30.8 Å². The molecule has 1 aromatic heterocycles. The largest absolute Gasteiger partial charge is 0.496 e. The van der Waals surface area contributed by atoms with Gasteiger partial charge in [-0.05, 0) is 77.3 Å². The number of hydrogen-bond donors (Lipinski definition) is 0. The van der Waals surface area contributed by atoms with E-state index in [2.05, 4.69) is 22.0 Å². The SMILES string of the molecule is CCCC1=C(C(=O)OCC)[C@@H](c2cc(Cl)ccc2OC)n2c(s/c(=C/c3ccc(OCc4ccccc4C#N)c(Br)c3)c2=O)=N1. The third-order valence-electron chi connectivity index (χ3n) is 7.15. The van der Waals surface area contributed by atoms with Gasteiger partial charge in [-0.3, -0.25) is 9.36 Å². The smallest absolute Gasteiger partial charge is 0.338 e. The second-order valence-corrected chi connectivity index (χ2v) is 12.3. The van der Waals surface area contributed by atoms with Crippen molar-refractivity contribution < 1.29 is 19.0 Å². The summed E-state index contributed by atoms with van der Waals surface area (Å²) in [5.74, 6) is 0.538. The number of hydrogen-bond acceptors (Lipinski definition) is 8. The molecule has 0 fully saturated rings. The molecule has 0 spiro atoms. The second kappa shape index (κ2) is 14.3. The van der Waals surface area contributed by atoms with E-state index in [1.54, 1.807) is 43.3 Å². The van der Waals surface area contributed by atoms with Crippen molar-refractivity contribution in [2.75, 3.05) is 13.7 Å². The number of nitrogens with zero attached hydrogens (tertiary/aromatic N) is 3. The monoisotopic (exact) mass is 705 g/mol. The van der Waals surface area contributed by atoms with E-state index in [-0.39, 0.29) is 18.8 Å². The average Bonchev–Trinajstić information content (AvgIpc) is 3.34. The van der Waals surface area contributed by atoms with Gasteiger partial charge in [0.25, 0.3) is 5.56 Å². The zero-order chi connectivity index (χ0) is 32.1. The molecule has 2 heterocycles. The first kappa shape index (κ1) is 32.2. The number of aromatic nitrogens is 1. The molecule has 11 heteroatoms. The van der Waals surface area contributed by atoms with Gasteiger partial charge in [0.15, 0.2) is 4.80 Å². The predicted octanol–water partition coefficient (Wildman–Crippen LogP) is 6.45. The Hall–Kier alpha value is -4.17. The lowest BCUT2D eigenvalue weighted by molar-refractivity contribution is -0.139. The number of allylic oxidation sites excluding steroid dienone is 1. The maximum Gasteiger partial charge on any atom is 0.338 e. The van der Waals surface area contributed by atoms with Crippen molar-refractivity contribution in [1.29, 1.82) is 5.26 Å². The van der Waals surface area contributed by atoms with Gasteiger partial charge in [-0.25, -0.2) is 9.79 Å². The van der Waals surface area contributed by atoms with Gasteiger partial charge in [0.1, 0.15) is 24.1 Å². The average molecular weight is 707 g/mol. The third-order valence-corrected chi connectivity index (χ3v) is 8.99. The van der Waals surface area contributed by atoms with Crippen LogP contribution in [0.3, 0.4) is 0 Å². The van der Waals surface area contributed by atoms with Crippen molar-refractivity contribution in [3.8, 4) is 17.6 Å². The molecule has 0 unspecified atom stereocenters. The normalized spacial score (nSPS) is 14.4. The number of carbonyl (C=O) groups excluding carboxylic acids is 1. The van der Waals surface area contributed by atoms with Gasteiger partial charge in [0.05, 0.1) is 45.6 Å². The minimum Gasteiger partial charge on any atom is -0.496 e. The standard InChI is InChI=1S/C34H29BrClN3O5S/c1-4-8-26-30(33(41)43-5-2)31(24-17-23(36)12-14-27(24)42-3)39-32(40)29(45-34(39)38-26)16-20-11-13-28(25(35)15-20)44-19-22-10-7-6-9-21(22)18-37/h6-7,9-17,31H,4-5,8,19H2,1-3H3/b29-16+/t31-/m1/s1. The van der Waals surface area contributed by atoms with Crippen LogP contribution in [-0.4, -0.2) is 24.3 Å². The van der Waals surface area contributed by atoms with Crippen molar-refractivity contribution in [1.82, 2.24) is 4.57 Å². The molecule has 1 atom stereocenters. The molecule has 5 rings (SSSR count). The topological polar surface area (TPSA) is 103 Å². The van der Waals surface area contributed by atoms with Gasteiger partial charge in [-0.1, -0.05) is 60.5 Å². The van der Waals surface area contributed by atoms with Gasteiger partial charge in [0.2, 0.25) is 0 Å². The first-order valence-electron chi connectivity index (χ1n) is 14.2. The molecule has 0 aliphatic carbocycles. The lowest BCUT2D eigenvalue weighted by Gasteiger charge is -2.27. The Labute approximate surface area is 277 Å². The van der Waals surface area contributed by atoms with Gasteiger partial charge in [-0.2, -0.15) is 5.26 Å². The van der Waals surface area contributed by atoms with E-state index in [0.717, 1.165) is 17.5 Å². The maximum atomic E-state index is 14.1. The first-order valence-corrected chi connectivity index (χ1v) is 16.2. The molecular weight excluding hydrogens is 678 g/mol. The van der Waals surface area contributed by atoms with E-state index in [9.17, 15) is 14.9 Å². The first-order chi connectivity index (χ1) is 21.8. The van der Waals surface area contributed by atoms with Crippen molar-refractivity contribution in [2.24, 2.45) is 4.99 Å². The molecule has 4 aromatic rings. The molecule has 1 aliphatic rings. The van der Waals surface area contributed by atoms with Crippen LogP contribution in [0.25, 0.3) is 6.08 Å². The molecule has 0 amide bonds. The Morgan fingerprint density at radius 1 is 1.16 bits per heavy atom. The van der Waals surface area contributed by atoms with E-state index in [0.29, 0.717) is 59.1 Å². The number of fused-ring (bicyclic) bond motifs is 1. The summed E-state index contributed by atoms with van der Waals surface area (Å²) in [5, 5.41) is 9.81. The lowest BCUT2D eigenvalue weighted by atomic mass is 9.93. The highest BCUT2D eigenvalue weighted by Gasteiger charge is 2.36. The minimum absolute atomic E-state index is 0.172. The molecule has 0 saturated carbocycles. The summed E-state index contributed by atoms with van der Waals surface area (Å²) in [4.78, 5) is 32.8. The zero-order valence-electron chi connectivity index (χ0n) is 24.8. The summed E-state index contributed by atoms with van der Waals surface area (Å²) in [7, 11) is 1.53. The predicted molar refractivity (Wildman–Crippen MR) is 177 cm³/mol. The van der Waals surface area contributed by atoms with Crippen LogP contribution in [-0.2, 0) is 16.1 Å². The van der Waals surface area contributed by atoms with Crippen LogP contribution >= 0.6 is 38.9 Å². The zero-order valence-corrected chi connectivity index (χ0v) is 28.0. The second-order valence-electron chi connectivity index (χ2n) is 10.0. The van der Waals surface area contributed by atoms with E-state index >= 15 is 0 Å². The molecule has 0 saturated heterocycles. The number of benzene rings is 3. The summed E-state index contributed by atoms with van der Waals surface area (Å²) in [6, 6.07) is 19.2. The summed E-state index contributed by atoms with van der Waals surface area (Å²) >= 11 is 11.2. The van der Waals surface area contributed by atoms with Crippen molar-refractivity contribution in [3.63, 3.8) is 0 Å². The van der Waals surface area contributed by atoms with Crippen molar-refractivity contribution in [2.45, 2.75) is 39.3 Å². The van der Waals surface area contributed by atoms with Gasteiger partial charge >= 0.3 is 5.97 Å². The fraction of sp³-hybridized carbons (Fsp3) is 0.235. The number of halogens is 2. The fourth-order valence-corrected chi connectivity index (χ4v) is 6.83. The summed E-state index contributed by atoms with van der Waals surface area (Å²) < 4.78 is 19.8. The van der Waals surface area contributed by atoms with E-state index < -0.39 is 12.0 Å². The molecule has 0 bridgehead atoms. The molecule has 3 aromatic carbocycles. The van der Waals surface area contributed by atoms with E-state index in [1.165, 1.54) is 23.0 Å². The van der Waals surface area contributed by atoms with Crippen LogP contribution in [0.4, 0.5) is 0 Å². The third kappa shape index (κ3) is 6.76. The van der Waals surface area contributed by atoms with Gasteiger partial charge in [-0.15, -0.1) is 0 Å². The van der Waals surface area contributed by atoms with Crippen LogP contribution in [0.5, 0.6) is 11.5 Å². The van der Waals surface area contributed by atoms with Crippen LogP contribution in [0.1, 0.15) is 55.0 Å². The van der Waals surface area contributed by atoms with Crippen LogP contribution in [0, 0.1) is 11.3 Å². The quantitative estimate of drug-likeness (QED) is 0.176. The number of ether oxygens (including phenoxy) is 3. The molecule has 0 N–H and O–H groups in total. The van der Waals surface area contributed by atoms with Gasteiger partial charge in [0, 0.05) is 16.1 Å². The van der Waals surface area contributed by atoms with Crippen LogP contribution < -0.4 is 24.4 Å². The minimum atomic E-state index is -0.851. The number of esters is 1. The highest BCUT2D eigenvalue weighted by atomic mass is 79.9. The highest BCUT2D eigenvalue weighted by molar-refractivity contribution is 9.10. The molecule has 8 nitrogen and oxygen atoms in total. The van der Waals surface area contributed by atoms with Gasteiger partial charge < -0.3 is 14.2 Å². The Morgan fingerprint density at radius 3 is 2.64 bits per heavy atom. The summed E-state index contributed by atoms with van der Waals surface area (Å²) in [6.07, 6.45) is 3.04. The Morgan fingerprint density at radius 2 is 1.93 bits per heavy atom. The van der Waals surface area contributed by atoms with Crippen LogP contribution in [0.15, 0.2) is 86.2 Å². The number of methoxy groups -OCH3 is 1. The fourth-order valence-electron chi connectivity index (χ4n) is 5.12. The number of carbonyl (C=O) groups is 1. The highest BCUT2D eigenvalue weighted by Crippen LogP contribution is 2.38. The van der Waals surface area contributed by atoms with Crippen LogP contribution in [0.2, 0.25) is 5.02 Å². The van der Waals surface area contributed by atoms with Crippen molar-refractivity contribution >= 4 is 50.9 Å². The summed E-state index contributed by atoms with van der Waals surface area (Å²) in [5.41, 5.74) is 3.21. The number of rotatable bonds is 10. The summed E-state index contributed by atoms with van der Waals surface area (Å²) in [6.45, 7) is 4.14. The maximum absolute atomic E-state index is 14.1. The molecule has 230 valence electrons. The molecular formula is C34H29BrClN3O5S. The Bertz CT molecular complexity index is 2030. The molecule has 0 radical (unpaired) electrons. The van der Waals surface area contributed by atoms with E-state index in [1.807, 2.05) is 37.3 Å². The van der Waals surface area contributed by atoms with Crippen molar-refractivity contribution in [3.05, 3.63) is 123 Å². The number of thiazole rings is 1. The lowest BCUT2D eigenvalue weighted by Crippen LogP contribution is -2.40. The molecule has 1 aliphatic heterocycles. The Kier molecular flexibility index (Phi) is 10.2.